The number of nitrogens with zero attached hydrogens (tertiary/aromatic N) is 1. The van der Waals surface area contributed by atoms with E-state index >= 15 is 0 Å². The number of rotatable bonds is 6. The quantitative estimate of drug-likeness (QED) is 0.872. The molecular formula is C17H21FN2O. The highest BCUT2D eigenvalue weighted by atomic mass is 19.1. The molecule has 0 unspecified atom stereocenters. The van der Waals surface area contributed by atoms with Crippen LogP contribution in [0.3, 0.4) is 0 Å². The minimum absolute atomic E-state index is 0.261. The highest BCUT2D eigenvalue weighted by Crippen LogP contribution is 2.25. The molecule has 0 aliphatic rings. The molecule has 1 aromatic carbocycles. The number of hydrogen-bond donors (Lipinski definition) is 1. The van der Waals surface area contributed by atoms with Crippen molar-refractivity contribution in [3.63, 3.8) is 0 Å². The SMILES string of the molecule is CCNCc1cc(CC)nc(Oc2ccc(F)cc2C)c1. The van der Waals surface area contributed by atoms with Crippen LogP contribution in [0.15, 0.2) is 30.3 Å². The Morgan fingerprint density at radius 2 is 2.00 bits per heavy atom. The molecule has 4 heteroatoms. The normalized spacial score (nSPS) is 10.7. The van der Waals surface area contributed by atoms with E-state index in [0.717, 1.165) is 36.3 Å². The second-order valence-electron chi connectivity index (χ2n) is 4.95. The smallest absolute Gasteiger partial charge is 0.219 e. The Kier molecular flexibility index (Phi) is 5.28. The summed E-state index contributed by atoms with van der Waals surface area (Å²) in [6.07, 6.45) is 0.846. The van der Waals surface area contributed by atoms with Gasteiger partial charge in [-0.05, 0) is 55.3 Å². The maximum Gasteiger partial charge on any atom is 0.219 e. The molecule has 3 nitrogen and oxygen atoms in total. The Hall–Kier alpha value is -1.94. The summed E-state index contributed by atoms with van der Waals surface area (Å²) in [4.78, 5) is 4.48. The lowest BCUT2D eigenvalue weighted by molar-refractivity contribution is 0.454. The monoisotopic (exact) mass is 288 g/mol. The summed E-state index contributed by atoms with van der Waals surface area (Å²) in [5.41, 5.74) is 2.88. The fourth-order valence-electron chi connectivity index (χ4n) is 2.07. The predicted octanol–water partition coefficient (Wildman–Crippen LogP) is 3.99. The molecule has 0 saturated carbocycles. The largest absolute Gasteiger partial charge is 0.439 e. The maximum atomic E-state index is 13.1. The van der Waals surface area contributed by atoms with Gasteiger partial charge in [-0.2, -0.15) is 0 Å². The van der Waals surface area contributed by atoms with Crippen molar-refractivity contribution in [1.29, 1.82) is 0 Å². The average Bonchev–Trinajstić information content (AvgIpc) is 2.48. The van der Waals surface area contributed by atoms with E-state index in [0.29, 0.717) is 11.6 Å². The van der Waals surface area contributed by atoms with Gasteiger partial charge in [-0.1, -0.05) is 13.8 Å². The Morgan fingerprint density at radius 3 is 2.67 bits per heavy atom. The van der Waals surface area contributed by atoms with Crippen LogP contribution in [0.1, 0.15) is 30.7 Å². The average molecular weight is 288 g/mol. The van der Waals surface area contributed by atoms with Crippen LogP contribution in [0.4, 0.5) is 4.39 Å². The molecule has 0 atom stereocenters. The lowest BCUT2D eigenvalue weighted by Crippen LogP contribution is -2.12. The molecule has 21 heavy (non-hydrogen) atoms. The van der Waals surface area contributed by atoms with Crippen molar-refractivity contribution >= 4 is 0 Å². The highest BCUT2D eigenvalue weighted by molar-refractivity contribution is 5.36. The number of aromatic nitrogens is 1. The van der Waals surface area contributed by atoms with Gasteiger partial charge in [0.05, 0.1) is 0 Å². The third-order valence-corrected chi connectivity index (χ3v) is 3.21. The second kappa shape index (κ2) is 7.18. The molecule has 2 rings (SSSR count). The van der Waals surface area contributed by atoms with Crippen LogP contribution in [0.5, 0.6) is 11.6 Å². The molecule has 0 fully saturated rings. The van der Waals surface area contributed by atoms with Gasteiger partial charge in [-0.3, -0.25) is 0 Å². The fourth-order valence-corrected chi connectivity index (χ4v) is 2.07. The molecule has 1 heterocycles. The molecule has 112 valence electrons. The van der Waals surface area contributed by atoms with E-state index in [-0.39, 0.29) is 5.82 Å². The van der Waals surface area contributed by atoms with Crippen LogP contribution in [-0.2, 0) is 13.0 Å². The lowest BCUT2D eigenvalue weighted by atomic mass is 10.2. The zero-order chi connectivity index (χ0) is 15.2. The first-order valence-corrected chi connectivity index (χ1v) is 7.27. The Morgan fingerprint density at radius 1 is 1.19 bits per heavy atom. The molecule has 0 saturated heterocycles. The van der Waals surface area contributed by atoms with Crippen molar-refractivity contribution in [2.75, 3.05) is 6.54 Å². The van der Waals surface area contributed by atoms with Crippen molar-refractivity contribution in [1.82, 2.24) is 10.3 Å². The van der Waals surface area contributed by atoms with Crippen molar-refractivity contribution in [2.45, 2.75) is 33.7 Å². The summed E-state index contributed by atoms with van der Waals surface area (Å²) in [6, 6.07) is 8.48. The van der Waals surface area contributed by atoms with E-state index in [1.54, 1.807) is 6.07 Å². The molecule has 0 radical (unpaired) electrons. The van der Waals surface area contributed by atoms with Gasteiger partial charge in [-0.15, -0.1) is 0 Å². The minimum atomic E-state index is -0.261. The van der Waals surface area contributed by atoms with E-state index in [2.05, 4.69) is 30.2 Å². The summed E-state index contributed by atoms with van der Waals surface area (Å²) >= 11 is 0. The third kappa shape index (κ3) is 4.26. The number of benzene rings is 1. The molecule has 1 aromatic heterocycles. The number of pyridine rings is 1. The number of aryl methyl sites for hydroxylation is 2. The molecule has 0 amide bonds. The van der Waals surface area contributed by atoms with Gasteiger partial charge in [0.25, 0.3) is 0 Å². The Bertz CT molecular complexity index is 614. The maximum absolute atomic E-state index is 13.1. The molecule has 0 spiro atoms. The van der Waals surface area contributed by atoms with Gasteiger partial charge in [0, 0.05) is 18.3 Å². The summed E-state index contributed by atoms with van der Waals surface area (Å²) < 4.78 is 19.0. The van der Waals surface area contributed by atoms with Crippen molar-refractivity contribution in [3.05, 3.63) is 53.0 Å². The van der Waals surface area contributed by atoms with E-state index in [1.165, 1.54) is 12.1 Å². The molecule has 0 aliphatic heterocycles. The van der Waals surface area contributed by atoms with Gasteiger partial charge in [0.2, 0.25) is 5.88 Å². The van der Waals surface area contributed by atoms with E-state index in [9.17, 15) is 4.39 Å². The molecular weight excluding hydrogens is 267 g/mol. The first kappa shape index (κ1) is 15.4. The van der Waals surface area contributed by atoms with Crippen molar-refractivity contribution in [3.8, 4) is 11.6 Å². The van der Waals surface area contributed by atoms with E-state index in [1.807, 2.05) is 13.0 Å². The summed E-state index contributed by atoms with van der Waals surface area (Å²) in [7, 11) is 0. The Balaban J connectivity index is 2.25. The summed E-state index contributed by atoms with van der Waals surface area (Å²) in [5.74, 6) is 0.923. The van der Waals surface area contributed by atoms with Gasteiger partial charge in [-0.25, -0.2) is 9.37 Å². The van der Waals surface area contributed by atoms with Crippen LogP contribution < -0.4 is 10.1 Å². The van der Waals surface area contributed by atoms with Gasteiger partial charge < -0.3 is 10.1 Å². The highest BCUT2D eigenvalue weighted by Gasteiger charge is 2.07. The molecule has 0 bridgehead atoms. The van der Waals surface area contributed by atoms with E-state index in [4.69, 9.17) is 4.74 Å². The summed E-state index contributed by atoms with van der Waals surface area (Å²) in [6.45, 7) is 7.65. The molecule has 2 aromatic rings. The number of hydrogen-bond acceptors (Lipinski definition) is 3. The number of halogens is 1. The lowest BCUT2D eigenvalue weighted by Gasteiger charge is -2.11. The second-order valence-corrected chi connectivity index (χ2v) is 4.95. The van der Waals surface area contributed by atoms with Crippen LogP contribution in [0.25, 0.3) is 0 Å². The van der Waals surface area contributed by atoms with Crippen LogP contribution in [0.2, 0.25) is 0 Å². The number of nitrogens with one attached hydrogen (secondary N) is 1. The summed E-state index contributed by atoms with van der Waals surface area (Å²) in [5, 5.41) is 3.29. The standard InChI is InChI=1S/C17H21FN2O/c1-4-15-9-13(11-19-5-2)10-17(20-15)21-16-7-6-14(18)8-12(16)3/h6-10,19H,4-5,11H2,1-3H3. The zero-order valence-electron chi connectivity index (χ0n) is 12.7. The van der Waals surface area contributed by atoms with Gasteiger partial charge in [0.1, 0.15) is 11.6 Å². The van der Waals surface area contributed by atoms with Crippen LogP contribution in [0, 0.1) is 12.7 Å². The topological polar surface area (TPSA) is 34.2 Å². The van der Waals surface area contributed by atoms with Crippen LogP contribution in [-0.4, -0.2) is 11.5 Å². The van der Waals surface area contributed by atoms with Crippen molar-refractivity contribution in [2.24, 2.45) is 0 Å². The minimum Gasteiger partial charge on any atom is -0.439 e. The molecule has 0 aliphatic carbocycles. The van der Waals surface area contributed by atoms with Crippen molar-refractivity contribution < 1.29 is 9.13 Å². The molecule has 1 N–H and O–H groups in total. The first-order valence-electron chi connectivity index (χ1n) is 7.27. The number of ether oxygens (including phenoxy) is 1. The predicted molar refractivity (Wildman–Crippen MR) is 82.2 cm³/mol. The van der Waals surface area contributed by atoms with E-state index < -0.39 is 0 Å². The van der Waals surface area contributed by atoms with Gasteiger partial charge >= 0.3 is 0 Å². The third-order valence-electron chi connectivity index (χ3n) is 3.21. The first-order chi connectivity index (χ1) is 10.1. The van der Waals surface area contributed by atoms with Crippen LogP contribution >= 0.6 is 0 Å². The zero-order valence-corrected chi connectivity index (χ0v) is 12.7. The Labute approximate surface area is 125 Å². The van der Waals surface area contributed by atoms with Gasteiger partial charge in [0.15, 0.2) is 0 Å². The fraction of sp³-hybridized carbons (Fsp3) is 0.353.